The highest BCUT2D eigenvalue weighted by Gasteiger charge is 2.39. The maximum atomic E-state index is 12.3. The smallest absolute Gasteiger partial charge is 0.316 e. The molecule has 0 aliphatic heterocycles. The van der Waals surface area contributed by atoms with Crippen molar-refractivity contribution in [3.63, 3.8) is 0 Å². The van der Waals surface area contributed by atoms with Gasteiger partial charge in [-0.15, -0.1) is 0 Å². The van der Waals surface area contributed by atoms with E-state index in [-0.39, 0.29) is 5.97 Å². The Kier molecular flexibility index (Phi) is 6.39. The van der Waals surface area contributed by atoms with E-state index < -0.39 is 8.32 Å². The maximum absolute atomic E-state index is 12.3. The summed E-state index contributed by atoms with van der Waals surface area (Å²) in [6.07, 6.45) is 1.28. The Hall–Kier alpha value is -2.91. The monoisotopic (exact) mass is 372 g/mol. The molecule has 0 aliphatic carbocycles. The number of carbonyl (C=O) groups excluding carboxylic acids is 1. The second-order valence-electron chi connectivity index (χ2n) is 6.80. The van der Waals surface area contributed by atoms with E-state index in [0.717, 1.165) is 18.1 Å². The Bertz CT molecular complexity index is 759. The predicted octanol–water partition coefficient (Wildman–Crippen LogP) is 5.01. The first-order valence-electron chi connectivity index (χ1n) is 9.16. The van der Waals surface area contributed by atoms with Crippen LogP contribution >= 0.6 is 0 Å². The molecule has 0 aliphatic rings. The van der Waals surface area contributed by atoms with Crippen LogP contribution in [0.1, 0.15) is 16.7 Å². The predicted molar refractivity (Wildman–Crippen MR) is 112 cm³/mol. The van der Waals surface area contributed by atoms with Crippen molar-refractivity contribution in [2.75, 3.05) is 0 Å². The molecule has 3 rings (SSSR count). The van der Waals surface area contributed by atoms with Gasteiger partial charge < -0.3 is 4.43 Å². The molecule has 2 nitrogen and oxygen atoms in total. The fraction of sp³-hybridized carbons (Fsp3) is 0.125. The number of hydrogen-bond acceptors (Lipinski definition) is 2. The van der Waals surface area contributed by atoms with Gasteiger partial charge in [0.25, 0.3) is 8.32 Å². The minimum absolute atomic E-state index is 0.329. The topological polar surface area (TPSA) is 26.3 Å². The molecule has 0 N–H and O–H groups in total. The van der Waals surface area contributed by atoms with Gasteiger partial charge in [0.15, 0.2) is 0 Å². The number of hydrogen-bond donors (Lipinski definition) is 0. The number of rotatable bonds is 8. The zero-order chi connectivity index (χ0) is 19.0. The molecule has 3 heteroatoms. The lowest BCUT2D eigenvalue weighted by Crippen LogP contribution is -2.48. The number of benzene rings is 3. The second kappa shape index (κ2) is 9.15. The molecule has 27 heavy (non-hydrogen) atoms. The fourth-order valence-corrected chi connectivity index (χ4v) is 7.50. The van der Waals surface area contributed by atoms with Crippen LogP contribution in [0.4, 0.5) is 0 Å². The molecule has 3 aromatic carbocycles. The Morgan fingerprint density at radius 1 is 0.704 bits per heavy atom. The summed E-state index contributed by atoms with van der Waals surface area (Å²) in [4.78, 5) is 12.3. The van der Waals surface area contributed by atoms with Crippen LogP contribution in [-0.2, 0) is 27.4 Å². The maximum Gasteiger partial charge on any atom is 0.316 e. The van der Waals surface area contributed by atoms with Gasteiger partial charge in [-0.25, -0.2) is 4.79 Å². The molecule has 0 heterocycles. The normalized spacial score (nSPS) is 11.0. The van der Waals surface area contributed by atoms with Crippen LogP contribution in [0.15, 0.2) is 104 Å². The van der Waals surface area contributed by atoms with Gasteiger partial charge in [-0.3, -0.25) is 0 Å². The van der Waals surface area contributed by atoms with E-state index in [0.29, 0.717) is 0 Å². The molecule has 0 unspecified atom stereocenters. The van der Waals surface area contributed by atoms with E-state index in [1.54, 1.807) is 0 Å². The average Bonchev–Trinajstić information content (AvgIpc) is 2.70. The van der Waals surface area contributed by atoms with Crippen molar-refractivity contribution in [1.29, 1.82) is 0 Å². The molecular weight excluding hydrogens is 348 g/mol. The van der Waals surface area contributed by atoms with Crippen LogP contribution in [0.5, 0.6) is 0 Å². The highest BCUT2D eigenvalue weighted by Crippen LogP contribution is 2.24. The van der Waals surface area contributed by atoms with Crippen molar-refractivity contribution >= 4 is 14.3 Å². The summed E-state index contributed by atoms with van der Waals surface area (Å²) >= 11 is 0. The zero-order valence-electron chi connectivity index (χ0n) is 15.4. The Morgan fingerprint density at radius 3 is 1.33 bits per heavy atom. The fourth-order valence-electron chi connectivity index (χ4n) is 3.45. The second-order valence-corrected chi connectivity index (χ2v) is 10.4. The Morgan fingerprint density at radius 2 is 1.04 bits per heavy atom. The van der Waals surface area contributed by atoms with Gasteiger partial charge in [0.05, 0.1) is 0 Å². The third-order valence-corrected chi connectivity index (χ3v) is 8.38. The van der Waals surface area contributed by atoms with Gasteiger partial charge in [0, 0.05) is 24.2 Å². The van der Waals surface area contributed by atoms with E-state index >= 15 is 0 Å². The molecule has 0 spiro atoms. The summed E-state index contributed by atoms with van der Waals surface area (Å²) in [6, 6.07) is 33.2. The van der Waals surface area contributed by atoms with E-state index in [4.69, 9.17) is 4.43 Å². The molecule has 0 radical (unpaired) electrons. The van der Waals surface area contributed by atoms with Crippen LogP contribution in [0.25, 0.3) is 0 Å². The summed E-state index contributed by atoms with van der Waals surface area (Å²) < 4.78 is 6.18. The molecule has 0 bridgehead atoms. The molecular formula is C24H24O2Si. The molecule has 0 amide bonds. The third kappa shape index (κ3) is 5.53. The van der Waals surface area contributed by atoms with Gasteiger partial charge in [0.1, 0.15) is 0 Å². The molecule has 0 saturated carbocycles. The number of carbonyl (C=O) groups is 1. The van der Waals surface area contributed by atoms with Crippen molar-refractivity contribution in [2.24, 2.45) is 0 Å². The van der Waals surface area contributed by atoms with E-state index in [1.165, 1.54) is 22.8 Å². The van der Waals surface area contributed by atoms with E-state index in [9.17, 15) is 4.79 Å². The van der Waals surface area contributed by atoms with Gasteiger partial charge in [-0.2, -0.15) is 0 Å². The molecule has 0 aromatic heterocycles. The van der Waals surface area contributed by atoms with Crippen molar-refractivity contribution in [3.05, 3.63) is 120 Å². The first-order chi connectivity index (χ1) is 13.2. The molecule has 0 fully saturated rings. The molecule has 3 aromatic rings. The van der Waals surface area contributed by atoms with E-state index in [1.807, 2.05) is 54.6 Å². The Balaban J connectivity index is 2.00. The van der Waals surface area contributed by atoms with Crippen molar-refractivity contribution < 1.29 is 9.22 Å². The van der Waals surface area contributed by atoms with Crippen molar-refractivity contribution in [1.82, 2.24) is 0 Å². The average molecular weight is 373 g/mol. The Labute approximate surface area is 162 Å². The molecule has 0 atom stereocenters. The highest BCUT2D eigenvalue weighted by atomic mass is 28.4. The minimum Gasteiger partial charge on any atom is -0.515 e. The van der Waals surface area contributed by atoms with Gasteiger partial charge in [-0.05, 0) is 16.7 Å². The molecule has 0 saturated heterocycles. The van der Waals surface area contributed by atoms with Crippen LogP contribution in [0, 0.1) is 0 Å². The molecule has 136 valence electrons. The minimum atomic E-state index is -2.52. The lowest BCUT2D eigenvalue weighted by atomic mass is 10.2. The van der Waals surface area contributed by atoms with E-state index in [2.05, 4.69) is 43.0 Å². The van der Waals surface area contributed by atoms with Crippen molar-refractivity contribution in [2.45, 2.75) is 18.1 Å². The summed E-state index contributed by atoms with van der Waals surface area (Å²) in [7, 11) is -2.52. The van der Waals surface area contributed by atoms with Gasteiger partial charge in [0.2, 0.25) is 0 Å². The van der Waals surface area contributed by atoms with Crippen LogP contribution in [0.3, 0.4) is 0 Å². The van der Waals surface area contributed by atoms with Crippen LogP contribution < -0.4 is 0 Å². The summed E-state index contributed by atoms with van der Waals surface area (Å²) in [5.41, 5.74) is 3.61. The standard InChI is InChI=1S/C24H24O2Si/c1-2-24(25)26-27(18-21-12-6-3-7-13-21,19-22-14-8-4-9-15-22)20-23-16-10-5-11-17-23/h2-17H,1,18-20H2. The van der Waals surface area contributed by atoms with Crippen molar-refractivity contribution in [3.8, 4) is 0 Å². The summed E-state index contributed by atoms with van der Waals surface area (Å²) in [6.45, 7) is 3.61. The third-order valence-electron chi connectivity index (χ3n) is 4.59. The van der Waals surface area contributed by atoms with Crippen LogP contribution in [-0.4, -0.2) is 14.3 Å². The summed E-state index contributed by atoms with van der Waals surface area (Å²) in [5, 5.41) is 0. The first kappa shape index (κ1) is 18.9. The summed E-state index contributed by atoms with van der Waals surface area (Å²) in [5.74, 6) is -0.329. The van der Waals surface area contributed by atoms with Crippen LogP contribution in [0.2, 0.25) is 0 Å². The van der Waals surface area contributed by atoms with Gasteiger partial charge >= 0.3 is 5.97 Å². The SMILES string of the molecule is C=CC(=O)O[Si](Cc1ccccc1)(Cc1ccccc1)Cc1ccccc1. The highest BCUT2D eigenvalue weighted by molar-refractivity contribution is 6.73. The quantitative estimate of drug-likeness (QED) is 0.410. The lowest BCUT2D eigenvalue weighted by molar-refractivity contribution is -0.129. The van der Waals surface area contributed by atoms with Gasteiger partial charge in [-0.1, -0.05) is 97.6 Å². The first-order valence-corrected chi connectivity index (χ1v) is 11.7. The lowest BCUT2D eigenvalue weighted by Gasteiger charge is -2.31. The largest absolute Gasteiger partial charge is 0.515 e. The zero-order valence-corrected chi connectivity index (χ0v) is 16.4.